The third-order valence-corrected chi connectivity index (χ3v) is 4.02. The molecule has 1 aliphatic rings. The van der Waals surface area contributed by atoms with E-state index in [2.05, 4.69) is 18.5 Å². The van der Waals surface area contributed by atoms with E-state index >= 15 is 0 Å². The standard InChI is InChI=1S/C16H24N2O5S/c1-5-7-13-14(8-6-2)23-12(11-18(13)24(21)22)9-10-17-15(19)16(3,4)20/h5-8,12,20,24H,1-2,9-11H2,3-4H3,(H,17,19)/b13-7+,14-8+. The minimum Gasteiger partial charge on any atom is -0.486 e. The van der Waals surface area contributed by atoms with E-state index in [0.717, 1.165) is 0 Å². The molecule has 134 valence electrons. The van der Waals surface area contributed by atoms with Crippen LogP contribution in [-0.2, 0) is 20.4 Å². The van der Waals surface area contributed by atoms with E-state index in [9.17, 15) is 18.3 Å². The number of nitrogens with one attached hydrogen (secondary N) is 1. The molecule has 0 aromatic carbocycles. The van der Waals surface area contributed by atoms with Gasteiger partial charge in [-0.1, -0.05) is 25.3 Å². The molecule has 0 spiro atoms. The van der Waals surface area contributed by atoms with Gasteiger partial charge in [-0.2, -0.15) is 0 Å². The molecule has 1 aliphatic heterocycles. The molecule has 1 fully saturated rings. The van der Waals surface area contributed by atoms with Crippen molar-refractivity contribution in [3.8, 4) is 0 Å². The van der Waals surface area contributed by atoms with Crippen LogP contribution in [0.25, 0.3) is 0 Å². The Morgan fingerprint density at radius 1 is 1.42 bits per heavy atom. The molecular weight excluding hydrogens is 332 g/mol. The number of morpholine rings is 1. The molecule has 0 aromatic heterocycles. The van der Waals surface area contributed by atoms with Crippen LogP contribution in [0.4, 0.5) is 0 Å². The molecule has 7 nitrogen and oxygen atoms in total. The Morgan fingerprint density at radius 3 is 2.54 bits per heavy atom. The number of carbonyl (C=O) groups is 1. The predicted molar refractivity (Wildman–Crippen MR) is 92.4 cm³/mol. The van der Waals surface area contributed by atoms with Crippen LogP contribution >= 0.6 is 0 Å². The van der Waals surface area contributed by atoms with Crippen LogP contribution in [0.5, 0.6) is 0 Å². The van der Waals surface area contributed by atoms with Crippen LogP contribution in [0.15, 0.2) is 48.9 Å². The molecule has 0 radical (unpaired) electrons. The average molecular weight is 356 g/mol. The van der Waals surface area contributed by atoms with Crippen LogP contribution in [0.2, 0.25) is 0 Å². The Bertz CT molecular complexity index is 621. The maximum absolute atomic E-state index is 11.6. The summed E-state index contributed by atoms with van der Waals surface area (Å²) in [5, 5.41) is 12.2. The van der Waals surface area contributed by atoms with Crippen molar-refractivity contribution in [2.45, 2.75) is 32.0 Å². The molecule has 1 unspecified atom stereocenters. The first kappa shape index (κ1) is 20.0. The summed E-state index contributed by atoms with van der Waals surface area (Å²) in [6, 6.07) is 0. The summed E-state index contributed by atoms with van der Waals surface area (Å²) in [6.07, 6.45) is 6.05. The summed E-state index contributed by atoms with van der Waals surface area (Å²) < 4.78 is 30.0. The molecule has 0 bridgehead atoms. The van der Waals surface area contributed by atoms with Crippen LogP contribution < -0.4 is 5.32 Å². The largest absolute Gasteiger partial charge is 0.486 e. The number of aliphatic hydroxyl groups is 1. The van der Waals surface area contributed by atoms with E-state index in [-0.39, 0.29) is 13.1 Å². The van der Waals surface area contributed by atoms with Gasteiger partial charge in [0.15, 0.2) is 0 Å². The minimum absolute atomic E-state index is 0.130. The Morgan fingerprint density at radius 2 is 2.04 bits per heavy atom. The molecule has 1 rings (SSSR count). The van der Waals surface area contributed by atoms with Crippen LogP contribution in [0.1, 0.15) is 20.3 Å². The lowest BCUT2D eigenvalue weighted by molar-refractivity contribution is -0.136. The monoisotopic (exact) mass is 356 g/mol. The first-order valence-corrected chi connectivity index (χ1v) is 8.58. The smallest absolute Gasteiger partial charge is 0.251 e. The Hall–Kier alpha value is -2.06. The van der Waals surface area contributed by atoms with E-state index < -0.39 is 28.5 Å². The summed E-state index contributed by atoms with van der Waals surface area (Å²) in [5.41, 5.74) is -1.08. The van der Waals surface area contributed by atoms with Crippen molar-refractivity contribution in [3.05, 3.63) is 48.9 Å². The molecule has 1 saturated heterocycles. The number of hydrogen-bond donors (Lipinski definition) is 3. The molecule has 0 saturated carbocycles. The Kier molecular flexibility index (Phi) is 7.24. The fourth-order valence-corrected chi connectivity index (χ4v) is 2.73. The molecule has 2 N–H and O–H groups in total. The van der Waals surface area contributed by atoms with Crippen LogP contribution in [-0.4, -0.2) is 48.5 Å². The van der Waals surface area contributed by atoms with Gasteiger partial charge in [0.25, 0.3) is 5.91 Å². The number of allylic oxidation sites excluding steroid dienone is 4. The molecule has 1 atom stereocenters. The SMILES string of the molecule is C=C/C=C1/OC(CCNC(=O)C(C)(C)O)CN([SH](=O)=O)/C1=C/C=C. The van der Waals surface area contributed by atoms with Gasteiger partial charge in [-0.05, 0) is 26.0 Å². The maximum atomic E-state index is 11.6. The third-order valence-electron chi connectivity index (χ3n) is 3.25. The van der Waals surface area contributed by atoms with E-state index in [1.807, 2.05) is 0 Å². The zero-order valence-corrected chi connectivity index (χ0v) is 14.8. The van der Waals surface area contributed by atoms with Gasteiger partial charge < -0.3 is 15.2 Å². The lowest BCUT2D eigenvalue weighted by atomic mass is 10.1. The van der Waals surface area contributed by atoms with Gasteiger partial charge in [0, 0.05) is 13.0 Å². The van der Waals surface area contributed by atoms with Gasteiger partial charge in [0.05, 0.1) is 12.2 Å². The van der Waals surface area contributed by atoms with Gasteiger partial charge >= 0.3 is 0 Å². The van der Waals surface area contributed by atoms with Crippen molar-refractivity contribution in [3.63, 3.8) is 0 Å². The van der Waals surface area contributed by atoms with Gasteiger partial charge in [0.1, 0.15) is 17.5 Å². The molecule has 8 heteroatoms. The van der Waals surface area contributed by atoms with E-state index in [0.29, 0.717) is 17.9 Å². The van der Waals surface area contributed by atoms with Gasteiger partial charge in [-0.25, -0.2) is 8.42 Å². The van der Waals surface area contributed by atoms with E-state index in [4.69, 9.17) is 4.74 Å². The number of ether oxygens (including phenoxy) is 1. The van der Waals surface area contributed by atoms with Gasteiger partial charge in [-0.3, -0.25) is 9.10 Å². The molecule has 0 aliphatic carbocycles. The van der Waals surface area contributed by atoms with Crippen LogP contribution in [0, 0.1) is 0 Å². The predicted octanol–water partition coefficient (Wildman–Crippen LogP) is 0.631. The number of carbonyl (C=O) groups excluding carboxylic acids is 1. The Balaban J connectivity index is 2.83. The summed E-state index contributed by atoms with van der Waals surface area (Å²) in [6.45, 7) is 10.3. The molecular formula is C16H24N2O5S. The van der Waals surface area contributed by atoms with Crippen LogP contribution in [0.3, 0.4) is 0 Å². The van der Waals surface area contributed by atoms with Gasteiger partial charge in [-0.15, -0.1) is 0 Å². The van der Waals surface area contributed by atoms with Crippen molar-refractivity contribution in [2.75, 3.05) is 13.1 Å². The van der Waals surface area contributed by atoms with Crippen molar-refractivity contribution in [2.24, 2.45) is 0 Å². The molecule has 1 amide bonds. The number of hydrogen-bond acceptors (Lipinski definition) is 5. The molecule has 0 aromatic rings. The summed E-state index contributed by atoms with van der Waals surface area (Å²) in [5.74, 6) is -0.131. The first-order chi connectivity index (χ1) is 11.2. The van der Waals surface area contributed by atoms with Gasteiger partial charge in [0.2, 0.25) is 10.9 Å². The quantitative estimate of drug-likeness (QED) is 0.582. The average Bonchev–Trinajstić information content (AvgIpc) is 2.48. The summed E-state index contributed by atoms with van der Waals surface area (Å²) >= 11 is 0. The van der Waals surface area contributed by atoms with E-state index in [1.54, 1.807) is 12.2 Å². The highest BCUT2D eigenvalue weighted by Crippen LogP contribution is 2.26. The number of rotatable bonds is 7. The second-order valence-corrected chi connectivity index (χ2v) is 6.68. The summed E-state index contributed by atoms with van der Waals surface area (Å²) in [4.78, 5) is 11.6. The number of thiol groups is 1. The van der Waals surface area contributed by atoms with Crippen molar-refractivity contribution < 1.29 is 23.1 Å². The highest BCUT2D eigenvalue weighted by Gasteiger charge is 2.30. The summed E-state index contributed by atoms with van der Waals surface area (Å²) in [7, 11) is -2.84. The second kappa shape index (κ2) is 8.70. The first-order valence-electron chi connectivity index (χ1n) is 7.45. The van der Waals surface area contributed by atoms with E-state index in [1.165, 1.54) is 30.3 Å². The fourth-order valence-electron chi connectivity index (χ4n) is 2.07. The van der Waals surface area contributed by atoms with Crippen molar-refractivity contribution in [1.82, 2.24) is 9.62 Å². The zero-order chi connectivity index (χ0) is 18.3. The highest BCUT2D eigenvalue weighted by molar-refractivity contribution is 7.70. The molecule has 24 heavy (non-hydrogen) atoms. The lowest BCUT2D eigenvalue weighted by Gasteiger charge is -2.34. The second-order valence-electron chi connectivity index (χ2n) is 5.72. The maximum Gasteiger partial charge on any atom is 0.251 e. The Labute approximate surface area is 144 Å². The highest BCUT2D eigenvalue weighted by atomic mass is 32.2. The number of nitrogens with zero attached hydrogens (tertiary/aromatic N) is 1. The molecule has 1 heterocycles. The normalized spacial score (nSPS) is 21.7. The number of amides is 1. The topological polar surface area (TPSA) is 95.9 Å². The lowest BCUT2D eigenvalue weighted by Crippen LogP contribution is -2.44. The van der Waals surface area contributed by atoms with Crippen molar-refractivity contribution >= 4 is 16.8 Å². The minimum atomic E-state index is -2.84. The zero-order valence-electron chi connectivity index (χ0n) is 13.9. The third kappa shape index (κ3) is 5.54. The fraction of sp³-hybridized carbons (Fsp3) is 0.438. The van der Waals surface area contributed by atoms with Crippen molar-refractivity contribution in [1.29, 1.82) is 0 Å².